The highest BCUT2D eigenvalue weighted by atomic mass is 16.2. The van der Waals surface area contributed by atoms with Gasteiger partial charge in [-0.1, -0.05) is 36.8 Å². The van der Waals surface area contributed by atoms with Gasteiger partial charge in [0.15, 0.2) is 0 Å². The van der Waals surface area contributed by atoms with E-state index >= 15 is 0 Å². The number of amides is 1. The molecule has 2 rings (SSSR count). The average molecular weight is 232 g/mol. The van der Waals surface area contributed by atoms with Crippen molar-refractivity contribution in [2.24, 2.45) is 11.7 Å². The molecule has 0 spiro atoms. The number of likely N-dealkylation sites (N-methyl/N-ethyl adjacent to an activating group) is 1. The van der Waals surface area contributed by atoms with Crippen molar-refractivity contribution in [2.45, 2.75) is 25.3 Å². The number of hydrogen-bond donors (Lipinski definition) is 1. The first-order chi connectivity index (χ1) is 8.18. The zero-order valence-electron chi connectivity index (χ0n) is 10.3. The molecule has 1 aliphatic carbocycles. The van der Waals surface area contributed by atoms with E-state index in [9.17, 15) is 4.79 Å². The van der Waals surface area contributed by atoms with Crippen molar-refractivity contribution in [3.63, 3.8) is 0 Å². The van der Waals surface area contributed by atoms with E-state index < -0.39 is 6.04 Å². The van der Waals surface area contributed by atoms with Gasteiger partial charge in [0, 0.05) is 13.6 Å². The first-order valence-electron chi connectivity index (χ1n) is 6.24. The summed E-state index contributed by atoms with van der Waals surface area (Å²) in [7, 11) is 1.85. The summed E-state index contributed by atoms with van der Waals surface area (Å²) in [6.45, 7) is 0.847. The van der Waals surface area contributed by atoms with Gasteiger partial charge in [0.1, 0.15) is 6.04 Å². The summed E-state index contributed by atoms with van der Waals surface area (Å²) in [6.07, 6.45) is 3.80. The van der Waals surface area contributed by atoms with Crippen molar-refractivity contribution in [2.75, 3.05) is 13.6 Å². The maximum Gasteiger partial charge on any atom is 0.243 e. The minimum absolute atomic E-state index is 0.0168. The summed E-state index contributed by atoms with van der Waals surface area (Å²) in [6, 6.07) is 9.03. The molecule has 0 unspecified atom stereocenters. The number of nitrogens with two attached hydrogens (primary N) is 1. The highest BCUT2D eigenvalue weighted by molar-refractivity contribution is 5.82. The Kier molecular flexibility index (Phi) is 3.79. The summed E-state index contributed by atoms with van der Waals surface area (Å²) < 4.78 is 0. The fraction of sp³-hybridized carbons (Fsp3) is 0.500. The van der Waals surface area contributed by atoms with Gasteiger partial charge in [-0.3, -0.25) is 4.79 Å². The molecule has 1 atom stereocenters. The Morgan fingerprint density at radius 2 is 2.06 bits per heavy atom. The van der Waals surface area contributed by atoms with Gasteiger partial charge in [-0.05, 0) is 24.3 Å². The predicted molar refractivity (Wildman–Crippen MR) is 68.3 cm³/mol. The summed E-state index contributed by atoms with van der Waals surface area (Å²) in [5.41, 5.74) is 6.87. The lowest BCUT2D eigenvalue weighted by Gasteiger charge is -2.31. The largest absolute Gasteiger partial charge is 0.344 e. The molecule has 0 saturated heterocycles. The van der Waals surface area contributed by atoms with Crippen LogP contribution in [0.15, 0.2) is 30.3 Å². The Bertz CT molecular complexity index is 373. The standard InChI is InChI=1S/C14H20N2O/c1-16(10-11-6-5-7-11)14(17)13(15)12-8-3-2-4-9-12/h2-4,8-9,11,13H,5-7,10,15H2,1H3/t13-/m0/s1. The highest BCUT2D eigenvalue weighted by Crippen LogP contribution is 2.27. The van der Waals surface area contributed by atoms with Gasteiger partial charge >= 0.3 is 0 Å². The van der Waals surface area contributed by atoms with E-state index in [2.05, 4.69) is 0 Å². The SMILES string of the molecule is CN(CC1CCC1)C(=O)[C@@H](N)c1ccccc1. The predicted octanol–water partition coefficient (Wildman–Crippen LogP) is 1.94. The van der Waals surface area contributed by atoms with Crippen molar-refractivity contribution in [3.05, 3.63) is 35.9 Å². The van der Waals surface area contributed by atoms with Crippen LogP contribution in [0.5, 0.6) is 0 Å². The quantitative estimate of drug-likeness (QED) is 0.862. The topological polar surface area (TPSA) is 46.3 Å². The van der Waals surface area contributed by atoms with Gasteiger partial charge in [0.05, 0.1) is 0 Å². The second-order valence-corrected chi connectivity index (χ2v) is 4.90. The first kappa shape index (κ1) is 12.1. The van der Waals surface area contributed by atoms with Crippen LogP contribution in [0.3, 0.4) is 0 Å². The molecule has 0 aromatic heterocycles. The molecule has 1 amide bonds. The Morgan fingerprint density at radius 3 is 2.59 bits per heavy atom. The zero-order chi connectivity index (χ0) is 12.3. The third kappa shape index (κ3) is 2.86. The molecule has 1 aromatic carbocycles. The molecule has 17 heavy (non-hydrogen) atoms. The molecule has 1 fully saturated rings. The summed E-state index contributed by atoms with van der Waals surface area (Å²) in [5.74, 6) is 0.704. The van der Waals surface area contributed by atoms with E-state index in [4.69, 9.17) is 5.73 Å². The Hall–Kier alpha value is -1.35. The lowest BCUT2D eigenvalue weighted by molar-refractivity contribution is -0.132. The highest BCUT2D eigenvalue weighted by Gasteiger charge is 2.24. The smallest absolute Gasteiger partial charge is 0.243 e. The molecule has 0 radical (unpaired) electrons. The first-order valence-corrected chi connectivity index (χ1v) is 6.24. The van der Waals surface area contributed by atoms with Gasteiger partial charge in [0.2, 0.25) is 5.91 Å². The summed E-state index contributed by atoms with van der Waals surface area (Å²) >= 11 is 0. The van der Waals surface area contributed by atoms with Crippen LogP contribution in [0.25, 0.3) is 0 Å². The van der Waals surface area contributed by atoms with Crippen molar-refractivity contribution in [3.8, 4) is 0 Å². The fourth-order valence-corrected chi connectivity index (χ4v) is 2.19. The van der Waals surface area contributed by atoms with Gasteiger partial charge in [-0.25, -0.2) is 0 Å². The Morgan fingerprint density at radius 1 is 1.41 bits per heavy atom. The summed E-state index contributed by atoms with van der Waals surface area (Å²) in [4.78, 5) is 13.9. The van der Waals surface area contributed by atoms with Gasteiger partial charge in [0.25, 0.3) is 0 Å². The molecule has 3 nitrogen and oxygen atoms in total. The molecule has 1 aromatic rings. The summed E-state index contributed by atoms with van der Waals surface area (Å²) in [5, 5.41) is 0. The maximum absolute atomic E-state index is 12.1. The molecular weight excluding hydrogens is 212 g/mol. The fourth-order valence-electron chi connectivity index (χ4n) is 2.19. The van der Waals surface area contributed by atoms with E-state index in [1.54, 1.807) is 4.90 Å². The maximum atomic E-state index is 12.1. The number of carbonyl (C=O) groups excluding carboxylic acids is 1. The van der Waals surface area contributed by atoms with E-state index in [-0.39, 0.29) is 5.91 Å². The van der Waals surface area contributed by atoms with Crippen LogP contribution in [0.4, 0.5) is 0 Å². The third-order valence-electron chi connectivity index (χ3n) is 3.56. The van der Waals surface area contributed by atoms with Crippen molar-refractivity contribution in [1.82, 2.24) is 4.90 Å². The van der Waals surface area contributed by atoms with Crippen molar-refractivity contribution < 1.29 is 4.79 Å². The van der Waals surface area contributed by atoms with Crippen LogP contribution in [-0.4, -0.2) is 24.4 Å². The van der Waals surface area contributed by atoms with Crippen LogP contribution in [0.1, 0.15) is 30.9 Å². The van der Waals surface area contributed by atoms with Crippen LogP contribution in [0, 0.1) is 5.92 Å². The molecule has 2 N–H and O–H groups in total. The van der Waals surface area contributed by atoms with Crippen molar-refractivity contribution in [1.29, 1.82) is 0 Å². The van der Waals surface area contributed by atoms with Gasteiger partial charge in [-0.15, -0.1) is 0 Å². The number of rotatable bonds is 4. The van der Waals surface area contributed by atoms with Crippen LogP contribution in [-0.2, 0) is 4.79 Å². The lowest BCUT2D eigenvalue weighted by Crippen LogP contribution is -2.39. The Labute approximate surface area is 103 Å². The molecule has 1 aliphatic rings. The van der Waals surface area contributed by atoms with E-state index in [1.165, 1.54) is 19.3 Å². The molecule has 92 valence electrons. The molecule has 0 heterocycles. The van der Waals surface area contributed by atoms with Crippen LogP contribution < -0.4 is 5.73 Å². The molecule has 0 aliphatic heterocycles. The number of hydrogen-bond acceptors (Lipinski definition) is 2. The third-order valence-corrected chi connectivity index (χ3v) is 3.56. The van der Waals surface area contributed by atoms with Crippen molar-refractivity contribution >= 4 is 5.91 Å². The van der Waals surface area contributed by atoms with E-state index in [0.717, 1.165) is 12.1 Å². The van der Waals surface area contributed by atoms with E-state index in [1.807, 2.05) is 37.4 Å². The van der Waals surface area contributed by atoms with Crippen LogP contribution >= 0.6 is 0 Å². The van der Waals surface area contributed by atoms with E-state index in [0.29, 0.717) is 5.92 Å². The minimum Gasteiger partial charge on any atom is -0.344 e. The second-order valence-electron chi connectivity index (χ2n) is 4.90. The number of carbonyl (C=O) groups is 1. The number of benzene rings is 1. The monoisotopic (exact) mass is 232 g/mol. The minimum atomic E-state index is -0.527. The Balaban J connectivity index is 1.94. The zero-order valence-corrected chi connectivity index (χ0v) is 10.3. The van der Waals surface area contributed by atoms with Gasteiger partial charge in [-0.2, -0.15) is 0 Å². The lowest BCUT2D eigenvalue weighted by atomic mass is 9.85. The van der Waals surface area contributed by atoms with Crippen LogP contribution in [0.2, 0.25) is 0 Å². The molecule has 1 saturated carbocycles. The average Bonchev–Trinajstić information content (AvgIpc) is 2.32. The number of nitrogens with zero attached hydrogens (tertiary/aromatic N) is 1. The second kappa shape index (κ2) is 5.32. The van der Waals surface area contributed by atoms with Gasteiger partial charge < -0.3 is 10.6 Å². The molecule has 3 heteroatoms. The normalized spacial score (nSPS) is 17.3. The molecule has 0 bridgehead atoms. The molecular formula is C14H20N2O.